The third-order valence-corrected chi connectivity index (χ3v) is 3.83. The van der Waals surface area contributed by atoms with Crippen LogP contribution in [-0.2, 0) is 14.3 Å². The molecule has 1 saturated carbocycles. The van der Waals surface area contributed by atoms with E-state index in [1.54, 1.807) is 13.8 Å². The Morgan fingerprint density at radius 3 is 2.26 bits per heavy atom. The molecule has 1 N–H and O–H groups in total. The molecule has 1 rings (SSSR count). The van der Waals surface area contributed by atoms with Crippen LogP contribution in [0, 0.1) is 11.3 Å². The summed E-state index contributed by atoms with van der Waals surface area (Å²) in [6.07, 6.45) is 4.98. The molecule has 0 heterocycles. The topological polar surface area (TPSA) is 55.4 Å². The fourth-order valence-electron chi connectivity index (χ4n) is 3.03. The summed E-state index contributed by atoms with van der Waals surface area (Å²) in [7, 11) is 0. The van der Waals surface area contributed by atoms with Gasteiger partial charge >= 0.3 is 5.97 Å². The number of esters is 1. The van der Waals surface area contributed by atoms with Crippen LogP contribution < -0.4 is 5.32 Å². The molecule has 0 bridgehead atoms. The zero-order valence-corrected chi connectivity index (χ0v) is 12.6. The number of amides is 1. The van der Waals surface area contributed by atoms with E-state index in [0.717, 1.165) is 32.1 Å². The molecule has 1 aliphatic carbocycles. The first-order valence-corrected chi connectivity index (χ1v) is 7.39. The van der Waals surface area contributed by atoms with Crippen molar-refractivity contribution in [3.05, 3.63) is 0 Å². The van der Waals surface area contributed by atoms with Crippen molar-refractivity contribution in [1.82, 2.24) is 5.32 Å². The minimum absolute atomic E-state index is 0.0271. The smallest absolute Gasteiger partial charge is 0.328 e. The van der Waals surface area contributed by atoms with Gasteiger partial charge in [0.25, 0.3) is 0 Å². The van der Waals surface area contributed by atoms with Crippen molar-refractivity contribution in [2.45, 2.75) is 65.8 Å². The molecule has 1 aliphatic rings. The number of ether oxygens (including phenoxy) is 1. The number of rotatable bonds is 6. The van der Waals surface area contributed by atoms with Crippen molar-refractivity contribution in [2.24, 2.45) is 11.3 Å². The van der Waals surface area contributed by atoms with Crippen molar-refractivity contribution in [3.8, 4) is 0 Å². The summed E-state index contributed by atoms with van der Waals surface area (Å²) in [5.41, 5.74) is -0.269. The van der Waals surface area contributed by atoms with E-state index in [0.29, 0.717) is 12.5 Å². The highest BCUT2D eigenvalue weighted by molar-refractivity contribution is 5.88. The Labute approximate surface area is 116 Å². The van der Waals surface area contributed by atoms with Gasteiger partial charge in [0.05, 0.1) is 6.61 Å². The lowest BCUT2D eigenvalue weighted by Crippen LogP contribution is -2.47. The molecule has 1 fully saturated rings. The Morgan fingerprint density at radius 1 is 1.21 bits per heavy atom. The summed E-state index contributed by atoms with van der Waals surface area (Å²) < 4.78 is 4.93. The number of carbonyl (C=O) groups is 2. The van der Waals surface area contributed by atoms with Gasteiger partial charge in [0, 0.05) is 5.41 Å². The van der Waals surface area contributed by atoms with Crippen LogP contribution in [0.2, 0.25) is 0 Å². The Morgan fingerprint density at radius 2 is 1.79 bits per heavy atom. The molecule has 0 aromatic carbocycles. The number of hydrogen-bond acceptors (Lipinski definition) is 3. The summed E-state index contributed by atoms with van der Waals surface area (Å²) in [6.45, 7) is 8.08. The van der Waals surface area contributed by atoms with E-state index >= 15 is 0 Å². The Balaban J connectivity index is 2.65. The Kier molecular flexibility index (Phi) is 5.83. The molecule has 0 saturated heterocycles. The fraction of sp³-hybridized carbons (Fsp3) is 0.867. The van der Waals surface area contributed by atoms with Gasteiger partial charge in [-0.3, -0.25) is 4.79 Å². The largest absolute Gasteiger partial charge is 0.464 e. The first kappa shape index (κ1) is 16.0. The lowest BCUT2D eigenvalue weighted by atomic mass is 9.77. The van der Waals surface area contributed by atoms with Gasteiger partial charge in [-0.25, -0.2) is 4.79 Å². The summed E-state index contributed by atoms with van der Waals surface area (Å²) in [4.78, 5) is 24.1. The van der Waals surface area contributed by atoms with E-state index in [1.165, 1.54) is 0 Å². The lowest BCUT2D eigenvalue weighted by molar-refractivity contribution is -0.148. The minimum Gasteiger partial charge on any atom is -0.464 e. The van der Waals surface area contributed by atoms with Crippen LogP contribution in [0.1, 0.15) is 59.8 Å². The maximum atomic E-state index is 12.5. The lowest BCUT2D eigenvalue weighted by Gasteiger charge is -2.30. The molecule has 1 unspecified atom stereocenters. The standard InChI is InChI=1S/C15H27NO3/c1-5-19-13(17)12(4)16-14(18)15(10-11(2)3)8-6-7-9-15/h11-12H,5-10H2,1-4H3,(H,16,18). The van der Waals surface area contributed by atoms with E-state index in [2.05, 4.69) is 19.2 Å². The first-order chi connectivity index (χ1) is 8.91. The maximum absolute atomic E-state index is 12.5. The van der Waals surface area contributed by atoms with Gasteiger partial charge in [-0.05, 0) is 39.0 Å². The summed E-state index contributed by atoms with van der Waals surface area (Å²) in [5, 5.41) is 2.84. The molecule has 0 aliphatic heterocycles. The number of hydrogen-bond donors (Lipinski definition) is 1. The second kappa shape index (κ2) is 6.92. The number of nitrogens with one attached hydrogen (secondary N) is 1. The molecule has 0 spiro atoms. The molecule has 1 amide bonds. The highest BCUT2D eigenvalue weighted by Gasteiger charge is 2.42. The molecule has 4 heteroatoms. The van der Waals surface area contributed by atoms with Crippen molar-refractivity contribution in [2.75, 3.05) is 6.61 Å². The average molecular weight is 269 g/mol. The van der Waals surface area contributed by atoms with E-state index in [1.807, 2.05) is 0 Å². The van der Waals surface area contributed by atoms with Gasteiger partial charge in [0.1, 0.15) is 6.04 Å². The summed E-state index contributed by atoms with van der Waals surface area (Å²) >= 11 is 0. The summed E-state index contributed by atoms with van der Waals surface area (Å²) in [5.74, 6) is 0.162. The van der Waals surface area contributed by atoms with Crippen molar-refractivity contribution < 1.29 is 14.3 Å². The molecule has 0 aromatic rings. The fourth-order valence-corrected chi connectivity index (χ4v) is 3.03. The highest BCUT2D eigenvalue weighted by atomic mass is 16.5. The van der Waals surface area contributed by atoms with Gasteiger partial charge < -0.3 is 10.1 Å². The minimum atomic E-state index is -0.558. The van der Waals surface area contributed by atoms with Crippen LogP contribution in [0.3, 0.4) is 0 Å². The third-order valence-electron chi connectivity index (χ3n) is 3.83. The van der Waals surface area contributed by atoms with E-state index in [4.69, 9.17) is 4.74 Å². The molecule has 1 atom stereocenters. The van der Waals surface area contributed by atoms with Crippen LogP contribution >= 0.6 is 0 Å². The van der Waals surface area contributed by atoms with E-state index in [9.17, 15) is 9.59 Å². The van der Waals surface area contributed by atoms with Crippen LogP contribution in [0.4, 0.5) is 0 Å². The zero-order chi connectivity index (χ0) is 14.5. The molecule has 19 heavy (non-hydrogen) atoms. The average Bonchev–Trinajstić information content (AvgIpc) is 2.78. The van der Waals surface area contributed by atoms with Gasteiger partial charge in [0.2, 0.25) is 5.91 Å². The quantitative estimate of drug-likeness (QED) is 0.754. The van der Waals surface area contributed by atoms with Crippen molar-refractivity contribution >= 4 is 11.9 Å². The predicted octanol–water partition coefficient (Wildman–Crippen LogP) is 2.66. The molecule has 0 radical (unpaired) electrons. The Bertz CT molecular complexity index is 319. The molecule has 110 valence electrons. The SMILES string of the molecule is CCOC(=O)C(C)NC(=O)C1(CC(C)C)CCCC1. The Hall–Kier alpha value is -1.06. The van der Waals surface area contributed by atoms with Crippen LogP contribution in [-0.4, -0.2) is 24.5 Å². The normalized spacial score (nSPS) is 19.2. The van der Waals surface area contributed by atoms with Gasteiger partial charge in [0.15, 0.2) is 0 Å². The van der Waals surface area contributed by atoms with Crippen LogP contribution in [0.25, 0.3) is 0 Å². The van der Waals surface area contributed by atoms with Crippen molar-refractivity contribution in [1.29, 1.82) is 0 Å². The molecule has 0 aromatic heterocycles. The number of carbonyl (C=O) groups excluding carboxylic acids is 2. The van der Waals surface area contributed by atoms with Crippen LogP contribution in [0.15, 0.2) is 0 Å². The monoisotopic (exact) mass is 269 g/mol. The second-order valence-electron chi connectivity index (χ2n) is 6.03. The van der Waals surface area contributed by atoms with Gasteiger partial charge in [-0.2, -0.15) is 0 Å². The molecular formula is C15H27NO3. The highest BCUT2D eigenvalue weighted by Crippen LogP contribution is 2.43. The van der Waals surface area contributed by atoms with E-state index in [-0.39, 0.29) is 17.3 Å². The molecule has 4 nitrogen and oxygen atoms in total. The third kappa shape index (κ3) is 4.22. The zero-order valence-electron chi connectivity index (χ0n) is 12.6. The molecular weight excluding hydrogens is 242 g/mol. The maximum Gasteiger partial charge on any atom is 0.328 e. The van der Waals surface area contributed by atoms with Crippen LogP contribution in [0.5, 0.6) is 0 Å². The van der Waals surface area contributed by atoms with Crippen molar-refractivity contribution in [3.63, 3.8) is 0 Å². The van der Waals surface area contributed by atoms with Gasteiger partial charge in [-0.15, -0.1) is 0 Å². The summed E-state index contributed by atoms with van der Waals surface area (Å²) in [6, 6.07) is -0.558. The van der Waals surface area contributed by atoms with Gasteiger partial charge in [-0.1, -0.05) is 26.7 Å². The predicted molar refractivity (Wildman–Crippen MR) is 74.6 cm³/mol. The van der Waals surface area contributed by atoms with E-state index < -0.39 is 6.04 Å². The second-order valence-corrected chi connectivity index (χ2v) is 6.03. The first-order valence-electron chi connectivity index (χ1n) is 7.39.